The van der Waals surface area contributed by atoms with Gasteiger partial charge in [0.15, 0.2) is 0 Å². The summed E-state index contributed by atoms with van der Waals surface area (Å²) >= 11 is 1.62. The highest BCUT2D eigenvalue weighted by Gasteiger charge is 2.28. The summed E-state index contributed by atoms with van der Waals surface area (Å²) in [5, 5.41) is 10.4. The first-order valence-electron chi connectivity index (χ1n) is 8.50. The third-order valence-electron chi connectivity index (χ3n) is 4.50. The molecule has 0 saturated carbocycles. The van der Waals surface area contributed by atoms with E-state index in [-0.39, 0.29) is 12.1 Å². The SMILES string of the molecule is CC[C@@H](NC(=O)N1CC[C@H](Cc2cnn(C)c2)C1)c1nc(C)cs1. The minimum atomic E-state index is 0.00794. The topological polar surface area (TPSA) is 63.1 Å². The molecule has 1 fully saturated rings. The van der Waals surface area contributed by atoms with Gasteiger partial charge in [0, 0.05) is 37.4 Å². The highest BCUT2D eigenvalue weighted by Crippen LogP contribution is 2.24. The Morgan fingerprint density at radius 1 is 1.54 bits per heavy atom. The highest BCUT2D eigenvalue weighted by atomic mass is 32.1. The van der Waals surface area contributed by atoms with E-state index in [0.29, 0.717) is 5.92 Å². The second kappa shape index (κ2) is 7.34. The van der Waals surface area contributed by atoms with Gasteiger partial charge in [-0.15, -0.1) is 11.3 Å². The van der Waals surface area contributed by atoms with E-state index in [2.05, 4.69) is 28.5 Å². The van der Waals surface area contributed by atoms with Crippen molar-refractivity contribution in [3.8, 4) is 0 Å². The Hall–Kier alpha value is -1.89. The number of aromatic nitrogens is 3. The number of carbonyl (C=O) groups excluding carboxylic acids is 1. The maximum atomic E-state index is 12.6. The number of nitrogens with zero attached hydrogens (tertiary/aromatic N) is 4. The molecule has 2 amide bonds. The van der Waals surface area contributed by atoms with Crippen molar-refractivity contribution in [3.05, 3.63) is 34.0 Å². The molecular formula is C17H25N5OS. The molecule has 6 nitrogen and oxygen atoms in total. The van der Waals surface area contributed by atoms with Crippen molar-refractivity contribution in [2.75, 3.05) is 13.1 Å². The Morgan fingerprint density at radius 2 is 2.38 bits per heavy atom. The normalized spacial score (nSPS) is 18.8. The monoisotopic (exact) mass is 347 g/mol. The van der Waals surface area contributed by atoms with Crippen LogP contribution in [0.1, 0.15) is 42.1 Å². The van der Waals surface area contributed by atoms with Gasteiger partial charge in [-0.05, 0) is 37.7 Å². The average molecular weight is 347 g/mol. The molecule has 1 aliphatic heterocycles. The molecule has 0 spiro atoms. The molecule has 3 rings (SSSR count). The van der Waals surface area contributed by atoms with Crippen LogP contribution in [-0.4, -0.2) is 38.8 Å². The maximum absolute atomic E-state index is 12.6. The fourth-order valence-corrected chi connectivity index (χ4v) is 4.14. The van der Waals surface area contributed by atoms with Crippen LogP contribution in [0.2, 0.25) is 0 Å². The lowest BCUT2D eigenvalue weighted by Crippen LogP contribution is -2.40. The standard InChI is InChI=1S/C17H25N5OS/c1-4-15(16-19-12(2)11-24-16)20-17(23)22-6-5-13(10-22)7-14-8-18-21(3)9-14/h8-9,11,13,15H,4-7,10H2,1-3H3,(H,20,23)/t13-,15-/m1/s1. The first-order valence-corrected chi connectivity index (χ1v) is 9.38. The van der Waals surface area contributed by atoms with Crippen LogP contribution >= 0.6 is 11.3 Å². The number of nitrogens with one attached hydrogen (secondary N) is 1. The van der Waals surface area contributed by atoms with E-state index in [0.717, 1.165) is 43.1 Å². The van der Waals surface area contributed by atoms with E-state index in [1.807, 2.05) is 35.1 Å². The minimum Gasteiger partial charge on any atom is -0.329 e. The van der Waals surface area contributed by atoms with Gasteiger partial charge in [0.1, 0.15) is 5.01 Å². The van der Waals surface area contributed by atoms with E-state index < -0.39 is 0 Å². The van der Waals surface area contributed by atoms with E-state index >= 15 is 0 Å². The van der Waals surface area contributed by atoms with Crippen LogP contribution in [0.25, 0.3) is 0 Å². The first kappa shape index (κ1) is 17.0. The molecule has 2 aromatic rings. The fourth-order valence-electron chi connectivity index (χ4n) is 3.21. The lowest BCUT2D eigenvalue weighted by atomic mass is 10.0. The molecule has 0 radical (unpaired) electrons. The Bertz CT molecular complexity index is 695. The molecule has 0 aliphatic carbocycles. The summed E-state index contributed by atoms with van der Waals surface area (Å²) in [4.78, 5) is 19.0. The van der Waals surface area contributed by atoms with Crippen LogP contribution in [0.4, 0.5) is 4.79 Å². The molecule has 1 aliphatic rings. The second-order valence-electron chi connectivity index (χ2n) is 6.56. The summed E-state index contributed by atoms with van der Waals surface area (Å²) in [7, 11) is 1.93. The maximum Gasteiger partial charge on any atom is 0.317 e. The number of carbonyl (C=O) groups is 1. The van der Waals surface area contributed by atoms with Crippen molar-refractivity contribution < 1.29 is 4.79 Å². The first-order chi connectivity index (χ1) is 11.5. The van der Waals surface area contributed by atoms with Crippen molar-refractivity contribution >= 4 is 17.4 Å². The van der Waals surface area contributed by atoms with Crippen molar-refractivity contribution in [2.24, 2.45) is 13.0 Å². The molecule has 0 bridgehead atoms. The zero-order valence-corrected chi connectivity index (χ0v) is 15.3. The van der Waals surface area contributed by atoms with Gasteiger partial charge >= 0.3 is 6.03 Å². The van der Waals surface area contributed by atoms with Crippen molar-refractivity contribution in [3.63, 3.8) is 0 Å². The van der Waals surface area contributed by atoms with Gasteiger partial charge in [0.2, 0.25) is 0 Å². The van der Waals surface area contributed by atoms with Crippen molar-refractivity contribution in [1.82, 2.24) is 25.0 Å². The fraction of sp³-hybridized carbons (Fsp3) is 0.588. The molecule has 2 aromatic heterocycles. The summed E-state index contributed by atoms with van der Waals surface area (Å²) in [5.74, 6) is 0.516. The summed E-state index contributed by atoms with van der Waals surface area (Å²) in [5.41, 5.74) is 2.26. The second-order valence-corrected chi connectivity index (χ2v) is 7.45. The Balaban J connectivity index is 1.54. The van der Waals surface area contributed by atoms with Gasteiger partial charge in [0.05, 0.1) is 12.2 Å². The van der Waals surface area contributed by atoms with Crippen LogP contribution in [0, 0.1) is 12.8 Å². The van der Waals surface area contributed by atoms with E-state index in [4.69, 9.17) is 0 Å². The van der Waals surface area contributed by atoms with Crippen LogP contribution in [-0.2, 0) is 13.5 Å². The molecular weight excluding hydrogens is 322 g/mol. The third-order valence-corrected chi connectivity index (χ3v) is 5.57. The van der Waals surface area contributed by atoms with Crippen LogP contribution in [0.15, 0.2) is 17.8 Å². The van der Waals surface area contributed by atoms with Crippen molar-refractivity contribution in [1.29, 1.82) is 0 Å². The molecule has 1 N–H and O–H groups in total. The average Bonchev–Trinajstić information content (AvgIpc) is 3.27. The van der Waals surface area contributed by atoms with Gasteiger partial charge in [-0.25, -0.2) is 9.78 Å². The van der Waals surface area contributed by atoms with Gasteiger partial charge < -0.3 is 10.2 Å². The predicted octanol–water partition coefficient (Wildman–Crippen LogP) is 2.91. The quantitative estimate of drug-likeness (QED) is 0.904. The number of aryl methyl sites for hydroxylation is 2. The van der Waals surface area contributed by atoms with Gasteiger partial charge in [0.25, 0.3) is 0 Å². The number of rotatable bonds is 5. The van der Waals surface area contributed by atoms with Crippen LogP contribution in [0.5, 0.6) is 0 Å². The lowest BCUT2D eigenvalue weighted by molar-refractivity contribution is 0.202. The number of thiazole rings is 1. The highest BCUT2D eigenvalue weighted by molar-refractivity contribution is 7.09. The number of urea groups is 1. The third kappa shape index (κ3) is 3.95. The summed E-state index contributed by atoms with van der Waals surface area (Å²) in [6, 6.07) is 0.0389. The molecule has 3 heterocycles. The van der Waals surface area contributed by atoms with Crippen LogP contribution in [0.3, 0.4) is 0 Å². The van der Waals surface area contributed by atoms with Crippen molar-refractivity contribution in [2.45, 2.75) is 39.2 Å². The smallest absolute Gasteiger partial charge is 0.317 e. The Morgan fingerprint density at radius 3 is 3.00 bits per heavy atom. The van der Waals surface area contributed by atoms with Gasteiger partial charge in [-0.3, -0.25) is 4.68 Å². The minimum absolute atomic E-state index is 0.00794. The molecule has 0 aromatic carbocycles. The van der Waals surface area contributed by atoms with Crippen LogP contribution < -0.4 is 5.32 Å². The van der Waals surface area contributed by atoms with Gasteiger partial charge in [-0.1, -0.05) is 6.92 Å². The number of hydrogen-bond acceptors (Lipinski definition) is 4. The Labute approximate surface area is 146 Å². The zero-order chi connectivity index (χ0) is 17.1. The molecule has 1 saturated heterocycles. The van der Waals surface area contributed by atoms with E-state index in [1.54, 1.807) is 11.3 Å². The Kier molecular flexibility index (Phi) is 5.18. The number of likely N-dealkylation sites (tertiary alicyclic amines) is 1. The molecule has 7 heteroatoms. The van der Waals surface area contributed by atoms with Gasteiger partial charge in [-0.2, -0.15) is 5.10 Å². The summed E-state index contributed by atoms with van der Waals surface area (Å²) in [6.45, 7) is 5.70. The molecule has 130 valence electrons. The number of hydrogen-bond donors (Lipinski definition) is 1. The summed E-state index contributed by atoms with van der Waals surface area (Å²) in [6.07, 6.45) is 6.86. The van der Waals surface area contributed by atoms with E-state index in [1.165, 1.54) is 5.56 Å². The molecule has 24 heavy (non-hydrogen) atoms. The van der Waals surface area contributed by atoms with E-state index in [9.17, 15) is 4.79 Å². The molecule has 2 atom stereocenters. The predicted molar refractivity (Wildman–Crippen MR) is 95.0 cm³/mol. The summed E-state index contributed by atoms with van der Waals surface area (Å²) < 4.78 is 1.83. The number of amides is 2. The molecule has 0 unspecified atom stereocenters. The zero-order valence-electron chi connectivity index (χ0n) is 14.5. The largest absolute Gasteiger partial charge is 0.329 e. The lowest BCUT2D eigenvalue weighted by Gasteiger charge is -2.21.